The highest BCUT2D eigenvalue weighted by Gasteiger charge is 2.23. The molecule has 2 N–H and O–H groups in total. The van der Waals surface area contributed by atoms with Gasteiger partial charge in [0.15, 0.2) is 0 Å². The van der Waals surface area contributed by atoms with Crippen molar-refractivity contribution in [2.75, 3.05) is 39.4 Å². The van der Waals surface area contributed by atoms with Gasteiger partial charge in [0, 0.05) is 0 Å². The fourth-order valence-electron chi connectivity index (χ4n) is 3.93. The average molecular weight is 385 g/mol. The maximum atomic E-state index is 9.29. The van der Waals surface area contributed by atoms with Gasteiger partial charge in [-0.3, -0.25) is 0 Å². The quantitative estimate of drug-likeness (QED) is 0.148. The highest BCUT2D eigenvalue weighted by Crippen LogP contribution is 2.13. The summed E-state index contributed by atoms with van der Waals surface area (Å²) in [6, 6.07) is 0. The molecule has 0 amide bonds. The van der Waals surface area contributed by atoms with Crippen LogP contribution < -0.4 is 0 Å². The minimum absolute atomic E-state index is 0.222. The van der Waals surface area contributed by atoms with Crippen LogP contribution >= 0.6 is 0 Å². The van der Waals surface area contributed by atoms with Crippen molar-refractivity contribution >= 4 is 0 Å². The Bertz CT molecular complexity index is 312. The van der Waals surface area contributed by atoms with Gasteiger partial charge in [-0.1, -0.05) is 70.4 Å². The number of nitrogens with zero attached hydrogens (tertiary/aromatic N) is 1. The fourth-order valence-corrected chi connectivity index (χ4v) is 3.93. The third-order valence-corrected chi connectivity index (χ3v) is 5.96. The van der Waals surface area contributed by atoms with Gasteiger partial charge in [-0.2, -0.15) is 0 Å². The van der Waals surface area contributed by atoms with Gasteiger partial charge in [0.2, 0.25) is 0 Å². The highest BCUT2D eigenvalue weighted by molar-refractivity contribution is 4.81. The van der Waals surface area contributed by atoms with Crippen LogP contribution in [0.4, 0.5) is 0 Å². The fraction of sp³-hybridized carbons (Fsp3) is 0.917. The van der Waals surface area contributed by atoms with Gasteiger partial charge in [-0.15, -0.1) is 0 Å². The third kappa shape index (κ3) is 16.3. The van der Waals surface area contributed by atoms with Crippen molar-refractivity contribution in [1.29, 1.82) is 0 Å². The smallest absolute Gasteiger partial charge is 0.102 e. The molecule has 0 aliphatic heterocycles. The molecule has 0 bridgehead atoms. The molecule has 0 aromatic heterocycles. The van der Waals surface area contributed by atoms with E-state index in [0.717, 1.165) is 30.7 Å². The number of allylic oxidation sites excluding steroid dienone is 2. The predicted octanol–water partition coefficient (Wildman–Crippen LogP) is 5.85. The first-order valence-electron chi connectivity index (χ1n) is 12.0. The molecule has 0 aromatic rings. The monoisotopic (exact) mass is 384 g/mol. The first kappa shape index (κ1) is 26.6. The van der Waals surface area contributed by atoms with E-state index in [9.17, 15) is 10.2 Å². The van der Waals surface area contributed by atoms with Gasteiger partial charge < -0.3 is 14.7 Å². The SMILES string of the molecule is CCCCCCCCC=CCCCCCCCC[N+](CC)(CCO)CCO. The van der Waals surface area contributed by atoms with Gasteiger partial charge in [0.1, 0.15) is 13.1 Å². The van der Waals surface area contributed by atoms with Crippen LogP contribution in [0, 0.1) is 0 Å². The lowest BCUT2D eigenvalue weighted by Crippen LogP contribution is -2.52. The highest BCUT2D eigenvalue weighted by atomic mass is 16.3. The molecular formula is C24H50NO2+. The molecule has 0 heterocycles. The van der Waals surface area contributed by atoms with Gasteiger partial charge in [-0.05, 0) is 45.4 Å². The van der Waals surface area contributed by atoms with Crippen molar-refractivity contribution in [2.24, 2.45) is 0 Å². The van der Waals surface area contributed by atoms with Gasteiger partial charge >= 0.3 is 0 Å². The Labute approximate surface area is 170 Å². The largest absolute Gasteiger partial charge is 0.391 e. The molecule has 0 aromatic carbocycles. The number of unbranched alkanes of at least 4 members (excludes halogenated alkanes) is 12. The van der Waals surface area contributed by atoms with E-state index in [4.69, 9.17) is 0 Å². The molecule has 0 rings (SSSR count). The summed E-state index contributed by atoms with van der Waals surface area (Å²) < 4.78 is 0.871. The molecule has 0 saturated heterocycles. The maximum Gasteiger partial charge on any atom is 0.102 e. The van der Waals surface area contributed by atoms with Gasteiger partial charge in [0.25, 0.3) is 0 Å². The predicted molar refractivity (Wildman–Crippen MR) is 119 cm³/mol. The zero-order valence-electron chi connectivity index (χ0n) is 18.6. The Balaban J connectivity index is 3.47. The molecule has 0 unspecified atom stereocenters. The second-order valence-electron chi connectivity index (χ2n) is 8.21. The van der Waals surface area contributed by atoms with Crippen LogP contribution in [0.2, 0.25) is 0 Å². The summed E-state index contributed by atoms with van der Waals surface area (Å²) in [7, 11) is 0. The lowest BCUT2D eigenvalue weighted by molar-refractivity contribution is -0.927. The standard InChI is InChI=1S/C24H50NO2/c1-3-5-6-7-8-9-10-11-12-13-14-15-16-17-18-19-20-25(4-2,21-23-26)22-24-27/h11-12,26-27H,3-10,13-24H2,1-2H3/q+1. The Hall–Kier alpha value is -0.380. The van der Waals surface area contributed by atoms with E-state index in [0.29, 0.717) is 0 Å². The molecule has 0 fully saturated rings. The molecule has 0 spiro atoms. The second-order valence-corrected chi connectivity index (χ2v) is 8.21. The van der Waals surface area contributed by atoms with Crippen LogP contribution in [0.3, 0.4) is 0 Å². The van der Waals surface area contributed by atoms with Crippen molar-refractivity contribution in [3.8, 4) is 0 Å². The first-order valence-corrected chi connectivity index (χ1v) is 12.0. The van der Waals surface area contributed by atoms with Crippen molar-refractivity contribution < 1.29 is 14.7 Å². The Kier molecular flexibility index (Phi) is 20.1. The minimum atomic E-state index is 0.222. The van der Waals surface area contributed by atoms with E-state index >= 15 is 0 Å². The van der Waals surface area contributed by atoms with Crippen molar-refractivity contribution in [1.82, 2.24) is 0 Å². The summed E-state index contributed by atoms with van der Waals surface area (Å²) in [6.45, 7) is 8.55. The molecule has 0 aliphatic carbocycles. The van der Waals surface area contributed by atoms with Crippen LogP contribution in [-0.4, -0.2) is 54.1 Å². The van der Waals surface area contributed by atoms with Crippen molar-refractivity contribution in [2.45, 2.75) is 104 Å². The zero-order chi connectivity index (χ0) is 20.1. The van der Waals surface area contributed by atoms with E-state index in [1.54, 1.807) is 0 Å². The van der Waals surface area contributed by atoms with E-state index in [-0.39, 0.29) is 13.2 Å². The molecule has 0 atom stereocenters. The number of likely N-dealkylation sites (N-methyl/N-ethyl adjacent to an activating group) is 1. The summed E-state index contributed by atoms with van der Waals surface area (Å²) in [4.78, 5) is 0. The van der Waals surface area contributed by atoms with Crippen LogP contribution in [0.1, 0.15) is 104 Å². The van der Waals surface area contributed by atoms with Crippen molar-refractivity contribution in [3.63, 3.8) is 0 Å². The Morgan fingerprint density at radius 3 is 1.44 bits per heavy atom. The molecule has 0 saturated carbocycles. The second kappa shape index (κ2) is 20.4. The van der Waals surface area contributed by atoms with Crippen molar-refractivity contribution in [3.05, 3.63) is 12.2 Å². The molecule has 3 nitrogen and oxygen atoms in total. The first-order chi connectivity index (χ1) is 13.2. The Morgan fingerprint density at radius 2 is 1.00 bits per heavy atom. The molecule has 0 radical (unpaired) electrons. The molecule has 162 valence electrons. The van der Waals surface area contributed by atoms with Gasteiger partial charge in [0.05, 0.1) is 26.3 Å². The summed E-state index contributed by atoms with van der Waals surface area (Å²) in [5.74, 6) is 0. The number of rotatable bonds is 21. The number of quaternary nitrogens is 1. The molecule has 3 heteroatoms. The van der Waals surface area contributed by atoms with Crippen LogP contribution in [0.15, 0.2) is 12.2 Å². The average Bonchev–Trinajstić information content (AvgIpc) is 2.68. The molecular weight excluding hydrogens is 334 g/mol. The molecule has 27 heavy (non-hydrogen) atoms. The topological polar surface area (TPSA) is 40.5 Å². The van der Waals surface area contributed by atoms with Crippen LogP contribution in [0.25, 0.3) is 0 Å². The number of hydrogen-bond acceptors (Lipinski definition) is 2. The van der Waals surface area contributed by atoms with E-state index in [1.807, 2.05) is 0 Å². The summed E-state index contributed by atoms with van der Waals surface area (Å²) in [5, 5.41) is 18.6. The number of hydrogen-bond donors (Lipinski definition) is 2. The summed E-state index contributed by atoms with van der Waals surface area (Å²) >= 11 is 0. The van der Waals surface area contributed by atoms with Crippen LogP contribution in [0.5, 0.6) is 0 Å². The number of aliphatic hydroxyl groups is 2. The lowest BCUT2D eigenvalue weighted by Gasteiger charge is -2.37. The summed E-state index contributed by atoms with van der Waals surface area (Å²) in [6.07, 6.45) is 23.5. The van der Waals surface area contributed by atoms with Crippen LogP contribution in [-0.2, 0) is 0 Å². The molecule has 0 aliphatic rings. The van der Waals surface area contributed by atoms with Gasteiger partial charge in [-0.25, -0.2) is 0 Å². The zero-order valence-corrected chi connectivity index (χ0v) is 18.6. The Morgan fingerprint density at radius 1 is 0.556 bits per heavy atom. The maximum absolute atomic E-state index is 9.29. The minimum Gasteiger partial charge on any atom is -0.391 e. The lowest BCUT2D eigenvalue weighted by atomic mass is 10.1. The summed E-state index contributed by atoms with van der Waals surface area (Å²) in [5.41, 5.74) is 0. The van der Waals surface area contributed by atoms with E-state index in [2.05, 4.69) is 26.0 Å². The van der Waals surface area contributed by atoms with E-state index < -0.39 is 0 Å². The third-order valence-electron chi connectivity index (χ3n) is 5.96. The van der Waals surface area contributed by atoms with E-state index in [1.165, 1.54) is 89.9 Å². The number of aliphatic hydroxyl groups excluding tert-OH is 2. The normalized spacial score (nSPS) is 12.3.